The van der Waals surface area contributed by atoms with Gasteiger partial charge in [-0.05, 0) is 39.8 Å². The van der Waals surface area contributed by atoms with Crippen LogP contribution in [0.2, 0.25) is 0 Å². The van der Waals surface area contributed by atoms with Gasteiger partial charge in [0.25, 0.3) is 5.91 Å². The van der Waals surface area contributed by atoms with Crippen LogP contribution in [-0.2, 0) is 18.3 Å². The highest BCUT2D eigenvalue weighted by Gasteiger charge is 2.39. The summed E-state index contributed by atoms with van der Waals surface area (Å²) in [6, 6.07) is -0.142. The molecule has 2 atom stereocenters. The Morgan fingerprint density at radius 3 is 2.66 bits per heavy atom. The minimum Gasteiger partial charge on any atom is -0.373 e. The Balaban J connectivity index is 1.63. The molecule has 0 aliphatic carbocycles. The normalized spacial score (nSPS) is 23.5. The number of morpholine rings is 1. The first-order valence-electron chi connectivity index (χ1n) is 10.7. The first-order chi connectivity index (χ1) is 14.1. The molecule has 2 aromatic rings. The number of piperidine rings is 1. The molecular weight excluding hydrogens is 368 g/mol. The molecule has 4 heterocycles. The van der Waals surface area contributed by atoms with Gasteiger partial charge in [0.2, 0.25) is 0 Å². The van der Waals surface area contributed by atoms with Crippen molar-refractivity contribution in [2.75, 3.05) is 32.8 Å². The van der Waals surface area contributed by atoms with Gasteiger partial charge in [-0.15, -0.1) is 0 Å². The summed E-state index contributed by atoms with van der Waals surface area (Å²) < 4.78 is 9.86. The van der Waals surface area contributed by atoms with Gasteiger partial charge in [0.1, 0.15) is 0 Å². The van der Waals surface area contributed by atoms with Crippen molar-refractivity contribution in [3.8, 4) is 0 Å². The average molecular weight is 401 g/mol. The Labute approximate surface area is 172 Å². The molecule has 2 aliphatic rings. The average Bonchev–Trinajstić information content (AvgIpc) is 3.33. The molecular formula is C21H32N6O2. The fourth-order valence-electron chi connectivity index (χ4n) is 4.54. The van der Waals surface area contributed by atoms with Gasteiger partial charge >= 0.3 is 0 Å². The molecule has 2 saturated heterocycles. The van der Waals surface area contributed by atoms with Crippen LogP contribution in [0.25, 0.3) is 0 Å². The number of rotatable bonds is 5. The highest BCUT2D eigenvalue weighted by atomic mass is 16.5. The second kappa shape index (κ2) is 8.67. The van der Waals surface area contributed by atoms with Crippen LogP contribution >= 0.6 is 0 Å². The summed E-state index contributed by atoms with van der Waals surface area (Å²) >= 11 is 0. The van der Waals surface area contributed by atoms with E-state index in [2.05, 4.69) is 15.1 Å². The summed E-state index contributed by atoms with van der Waals surface area (Å²) in [7, 11) is 1.91. The monoisotopic (exact) mass is 400 g/mol. The molecule has 1 amide bonds. The molecule has 158 valence electrons. The molecule has 0 spiro atoms. The summed E-state index contributed by atoms with van der Waals surface area (Å²) in [5.41, 5.74) is 2.49. The molecule has 0 radical (unpaired) electrons. The molecule has 0 aromatic carbocycles. The lowest BCUT2D eigenvalue weighted by atomic mass is 9.98. The van der Waals surface area contributed by atoms with Gasteiger partial charge in [-0.2, -0.15) is 10.2 Å². The van der Waals surface area contributed by atoms with Crippen LogP contribution in [-0.4, -0.2) is 74.2 Å². The highest BCUT2D eigenvalue weighted by molar-refractivity contribution is 5.95. The number of nitrogens with zero attached hydrogens (tertiary/aromatic N) is 6. The first kappa shape index (κ1) is 20.1. The maximum atomic E-state index is 13.6. The van der Waals surface area contributed by atoms with Crippen molar-refractivity contribution in [2.45, 2.75) is 51.8 Å². The van der Waals surface area contributed by atoms with Crippen molar-refractivity contribution in [3.05, 3.63) is 35.4 Å². The zero-order chi connectivity index (χ0) is 20.4. The fraction of sp³-hybridized carbons (Fsp3) is 0.667. The van der Waals surface area contributed by atoms with E-state index in [-0.39, 0.29) is 18.1 Å². The lowest BCUT2D eigenvalue weighted by Gasteiger charge is -2.43. The Bertz CT molecular complexity index is 838. The van der Waals surface area contributed by atoms with Gasteiger partial charge in [0, 0.05) is 44.6 Å². The molecule has 29 heavy (non-hydrogen) atoms. The number of amides is 1. The molecule has 8 heteroatoms. The van der Waals surface area contributed by atoms with Crippen LogP contribution in [0.5, 0.6) is 0 Å². The molecule has 2 fully saturated rings. The van der Waals surface area contributed by atoms with Crippen molar-refractivity contribution in [1.29, 1.82) is 0 Å². The summed E-state index contributed by atoms with van der Waals surface area (Å²) in [5, 5.41) is 8.84. The van der Waals surface area contributed by atoms with Crippen molar-refractivity contribution in [2.24, 2.45) is 7.05 Å². The van der Waals surface area contributed by atoms with E-state index in [0.717, 1.165) is 37.4 Å². The van der Waals surface area contributed by atoms with Crippen molar-refractivity contribution >= 4 is 5.91 Å². The molecule has 0 unspecified atom stereocenters. The van der Waals surface area contributed by atoms with Gasteiger partial charge < -0.3 is 14.5 Å². The number of aryl methyl sites for hydroxylation is 3. The minimum atomic E-state index is -0.142. The molecule has 0 bridgehead atoms. The van der Waals surface area contributed by atoms with E-state index in [1.54, 1.807) is 4.68 Å². The van der Waals surface area contributed by atoms with Gasteiger partial charge in [-0.1, -0.05) is 6.42 Å². The lowest BCUT2D eigenvalue weighted by molar-refractivity contribution is -0.0741. The third-order valence-corrected chi connectivity index (χ3v) is 6.07. The molecule has 0 saturated carbocycles. The summed E-state index contributed by atoms with van der Waals surface area (Å²) in [6.07, 6.45) is 9.46. The standard InChI is InChI=1S/C21H32N6O2/c1-4-26-14-18(16(2)23-26)21(28)27-10-11-29-19(15-25-8-6-5-7-9-25)20(27)17-12-22-24(3)13-17/h12-14,19-20H,4-11,15H2,1-3H3/t19-,20-/m0/s1. The van der Waals surface area contributed by atoms with E-state index in [1.165, 1.54) is 19.3 Å². The van der Waals surface area contributed by atoms with Crippen LogP contribution in [0.4, 0.5) is 0 Å². The number of carbonyl (C=O) groups excluding carboxylic acids is 1. The van der Waals surface area contributed by atoms with E-state index in [0.29, 0.717) is 18.7 Å². The summed E-state index contributed by atoms with van der Waals surface area (Å²) in [6.45, 7) is 8.88. The van der Waals surface area contributed by atoms with Gasteiger partial charge in [0.15, 0.2) is 0 Å². The van der Waals surface area contributed by atoms with Crippen LogP contribution in [0.15, 0.2) is 18.6 Å². The van der Waals surface area contributed by atoms with Crippen molar-refractivity contribution in [3.63, 3.8) is 0 Å². The number of aromatic nitrogens is 4. The lowest BCUT2D eigenvalue weighted by Crippen LogP contribution is -2.52. The second-order valence-corrected chi connectivity index (χ2v) is 8.15. The van der Waals surface area contributed by atoms with E-state index in [4.69, 9.17) is 4.74 Å². The summed E-state index contributed by atoms with van der Waals surface area (Å²) in [4.78, 5) is 18.0. The van der Waals surface area contributed by atoms with E-state index in [1.807, 2.05) is 49.1 Å². The third-order valence-electron chi connectivity index (χ3n) is 6.07. The number of ether oxygens (including phenoxy) is 1. The van der Waals surface area contributed by atoms with Crippen LogP contribution in [0, 0.1) is 6.92 Å². The Morgan fingerprint density at radius 1 is 1.21 bits per heavy atom. The topological polar surface area (TPSA) is 68.4 Å². The number of hydrogen-bond acceptors (Lipinski definition) is 5. The van der Waals surface area contributed by atoms with Gasteiger partial charge in [0.05, 0.1) is 36.2 Å². The predicted octanol–water partition coefficient (Wildman–Crippen LogP) is 2.01. The highest BCUT2D eigenvalue weighted by Crippen LogP contribution is 2.32. The van der Waals surface area contributed by atoms with Crippen molar-refractivity contribution in [1.82, 2.24) is 29.4 Å². The fourth-order valence-corrected chi connectivity index (χ4v) is 4.54. The second-order valence-electron chi connectivity index (χ2n) is 8.15. The van der Waals surface area contributed by atoms with Crippen molar-refractivity contribution < 1.29 is 9.53 Å². The number of likely N-dealkylation sites (tertiary alicyclic amines) is 1. The Hall–Kier alpha value is -2.19. The third kappa shape index (κ3) is 4.23. The maximum Gasteiger partial charge on any atom is 0.258 e. The maximum absolute atomic E-state index is 13.6. The molecule has 4 rings (SSSR count). The Kier molecular flexibility index (Phi) is 6.01. The Morgan fingerprint density at radius 2 is 2.00 bits per heavy atom. The van der Waals surface area contributed by atoms with E-state index < -0.39 is 0 Å². The predicted molar refractivity (Wildman–Crippen MR) is 110 cm³/mol. The smallest absolute Gasteiger partial charge is 0.258 e. The van der Waals surface area contributed by atoms with Gasteiger partial charge in [-0.25, -0.2) is 0 Å². The summed E-state index contributed by atoms with van der Waals surface area (Å²) in [5.74, 6) is 0.0306. The van der Waals surface area contributed by atoms with Gasteiger partial charge in [-0.3, -0.25) is 14.2 Å². The zero-order valence-corrected chi connectivity index (χ0v) is 17.8. The van der Waals surface area contributed by atoms with E-state index in [9.17, 15) is 4.79 Å². The van der Waals surface area contributed by atoms with Crippen LogP contribution < -0.4 is 0 Å². The first-order valence-corrected chi connectivity index (χ1v) is 10.7. The number of carbonyl (C=O) groups is 1. The molecule has 0 N–H and O–H groups in total. The van der Waals surface area contributed by atoms with E-state index >= 15 is 0 Å². The zero-order valence-electron chi connectivity index (χ0n) is 17.8. The van der Waals surface area contributed by atoms with Crippen LogP contribution in [0.3, 0.4) is 0 Å². The largest absolute Gasteiger partial charge is 0.373 e. The molecule has 2 aromatic heterocycles. The van der Waals surface area contributed by atoms with Crippen LogP contribution in [0.1, 0.15) is 53.8 Å². The quantitative estimate of drug-likeness (QED) is 0.768. The molecule has 2 aliphatic heterocycles. The minimum absolute atomic E-state index is 0.0306. The number of hydrogen-bond donors (Lipinski definition) is 0. The SMILES string of the molecule is CCn1cc(C(=O)N2CCO[C@@H](CN3CCCCC3)[C@@H]2c2cnn(C)c2)c(C)n1. The molecule has 8 nitrogen and oxygen atoms in total.